The van der Waals surface area contributed by atoms with Crippen LogP contribution in [-0.2, 0) is 0 Å². The normalized spacial score (nSPS) is 8.82. The van der Waals surface area contributed by atoms with Crippen LogP contribution in [0.3, 0.4) is 0 Å². The lowest BCUT2D eigenvalue weighted by molar-refractivity contribution is 0.451. The second-order valence-electron chi connectivity index (χ2n) is 2.88. The third-order valence-electron chi connectivity index (χ3n) is 1.85. The fourth-order valence-corrected chi connectivity index (χ4v) is 1.11. The Labute approximate surface area is 72.7 Å². The van der Waals surface area contributed by atoms with Gasteiger partial charge in [-0.25, -0.2) is 0 Å². The first-order valence-electron chi connectivity index (χ1n) is 4.83. The van der Waals surface area contributed by atoms with Crippen molar-refractivity contribution in [3.05, 3.63) is 12.7 Å². The predicted octanol–water partition coefficient (Wildman–Crippen LogP) is 4.42. The van der Waals surface area contributed by atoms with Gasteiger partial charge >= 0.3 is 0 Å². The Morgan fingerprint density at radius 3 is 1.64 bits per heavy atom. The molecule has 0 aromatic carbocycles. The Bertz CT molecular complexity index is 60.4. The van der Waals surface area contributed by atoms with Crippen molar-refractivity contribution < 1.29 is 0 Å². The van der Waals surface area contributed by atoms with Gasteiger partial charge in [-0.05, 0) is 12.8 Å². The van der Waals surface area contributed by atoms with Crippen LogP contribution in [0.4, 0.5) is 0 Å². The average Bonchev–Trinajstić information content (AvgIpc) is 2.02. The zero-order valence-electron chi connectivity index (χ0n) is 8.69. The summed E-state index contributed by atoms with van der Waals surface area (Å²) >= 11 is 0. The lowest BCUT2D eigenvalue weighted by Gasteiger charge is -2.08. The summed E-state index contributed by atoms with van der Waals surface area (Å²) in [5.74, 6) is 1.000. The van der Waals surface area contributed by atoms with E-state index < -0.39 is 0 Å². The molecule has 0 bridgehead atoms. The maximum Gasteiger partial charge on any atom is -0.0420 e. The maximum atomic E-state index is 3.36. The van der Waals surface area contributed by atoms with Crippen LogP contribution < -0.4 is 0 Å². The Kier molecular flexibility index (Phi) is 15.1. The van der Waals surface area contributed by atoms with Gasteiger partial charge in [-0.15, -0.1) is 6.58 Å². The average molecular weight is 156 g/mol. The Morgan fingerprint density at radius 2 is 1.55 bits per heavy atom. The molecule has 0 rings (SSSR count). The molecule has 0 amide bonds. The lowest BCUT2D eigenvalue weighted by atomic mass is 9.98. The monoisotopic (exact) mass is 156 g/mol. The minimum atomic E-state index is 1.000. The topological polar surface area (TPSA) is 0 Å². The minimum Gasteiger partial charge on any atom is -0.103 e. The third kappa shape index (κ3) is 12.8. The van der Waals surface area contributed by atoms with Crippen LogP contribution in [0.1, 0.15) is 53.4 Å². The maximum absolute atomic E-state index is 3.36. The fourth-order valence-electron chi connectivity index (χ4n) is 1.11. The molecule has 0 aliphatic carbocycles. The summed E-state index contributed by atoms with van der Waals surface area (Å²) in [5.41, 5.74) is 0. The van der Waals surface area contributed by atoms with Gasteiger partial charge in [0.15, 0.2) is 0 Å². The van der Waals surface area contributed by atoms with Gasteiger partial charge in [-0.1, -0.05) is 52.5 Å². The second-order valence-corrected chi connectivity index (χ2v) is 2.88. The summed E-state index contributed by atoms with van der Waals surface area (Å²) in [4.78, 5) is 0. The molecule has 0 saturated carbocycles. The van der Waals surface area contributed by atoms with Gasteiger partial charge in [0.1, 0.15) is 0 Å². The molecule has 0 atom stereocenters. The number of hydrogen-bond donors (Lipinski definition) is 0. The highest BCUT2D eigenvalue weighted by molar-refractivity contribution is 4.52. The molecule has 0 N–H and O–H groups in total. The molecule has 0 fully saturated rings. The summed E-state index contributed by atoms with van der Waals surface area (Å²) in [6.45, 7) is 12.1. The molecule has 0 saturated heterocycles. The van der Waals surface area contributed by atoms with Crippen molar-refractivity contribution in [3.63, 3.8) is 0 Å². The van der Waals surface area contributed by atoms with Crippen LogP contribution in [0.5, 0.6) is 0 Å². The molecule has 0 nitrogen and oxygen atoms in total. The quantitative estimate of drug-likeness (QED) is 0.529. The van der Waals surface area contributed by atoms with Crippen LogP contribution in [0.2, 0.25) is 0 Å². The Morgan fingerprint density at radius 1 is 1.18 bits per heavy atom. The van der Waals surface area contributed by atoms with E-state index in [9.17, 15) is 0 Å². The molecule has 0 heterocycles. The van der Waals surface area contributed by atoms with E-state index in [1.54, 1.807) is 6.08 Å². The summed E-state index contributed by atoms with van der Waals surface area (Å²) in [6, 6.07) is 0. The largest absolute Gasteiger partial charge is 0.103 e. The van der Waals surface area contributed by atoms with E-state index in [0.717, 1.165) is 5.92 Å². The summed E-state index contributed by atoms with van der Waals surface area (Å²) in [7, 11) is 0. The van der Waals surface area contributed by atoms with Crippen molar-refractivity contribution in [1.82, 2.24) is 0 Å². The van der Waals surface area contributed by atoms with E-state index in [1.165, 1.54) is 25.7 Å². The zero-order chi connectivity index (χ0) is 9.11. The molecular weight excluding hydrogens is 132 g/mol. The first kappa shape index (κ1) is 13.3. The van der Waals surface area contributed by atoms with E-state index in [4.69, 9.17) is 0 Å². The van der Waals surface area contributed by atoms with Crippen molar-refractivity contribution in [2.45, 2.75) is 53.4 Å². The first-order valence-corrected chi connectivity index (χ1v) is 4.83. The minimum absolute atomic E-state index is 1.000. The van der Waals surface area contributed by atoms with Crippen LogP contribution in [0.25, 0.3) is 0 Å². The molecule has 68 valence electrons. The van der Waals surface area contributed by atoms with E-state index in [2.05, 4.69) is 27.4 Å². The van der Waals surface area contributed by atoms with Crippen LogP contribution >= 0.6 is 0 Å². The SMILES string of the molecule is C=CC.CCCC(CC)CC. The van der Waals surface area contributed by atoms with Crippen LogP contribution in [-0.4, -0.2) is 0 Å². The van der Waals surface area contributed by atoms with E-state index in [-0.39, 0.29) is 0 Å². The predicted molar refractivity (Wildman–Crippen MR) is 54.9 cm³/mol. The van der Waals surface area contributed by atoms with Crippen LogP contribution in [0.15, 0.2) is 12.7 Å². The van der Waals surface area contributed by atoms with Crippen molar-refractivity contribution in [1.29, 1.82) is 0 Å². The molecule has 0 aromatic heterocycles. The fraction of sp³-hybridized carbons (Fsp3) is 0.818. The van der Waals surface area contributed by atoms with Gasteiger partial charge in [0.25, 0.3) is 0 Å². The highest BCUT2D eigenvalue weighted by Crippen LogP contribution is 2.13. The number of rotatable bonds is 4. The molecule has 0 aliphatic heterocycles. The molecular formula is C11H24. The van der Waals surface area contributed by atoms with Crippen LogP contribution in [0, 0.1) is 5.92 Å². The number of allylic oxidation sites excluding steroid dienone is 1. The second kappa shape index (κ2) is 12.4. The zero-order valence-corrected chi connectivity index (χ0v) is 8.69. The van der Waals surface area contributed by atoms with Crippen molar-refractivity contribution in [3.8, 4) is 0 Å². The third-order valence-corrected chi connectivity index (χ3v) is 1.85. The highest BCUT2D eigenvalue weighted by Gasteiger charge is 1.98. The van der Waals surface area contributed by atoms with E-state index in [0.29, 0.717) is 0 Å². The van der Waals surface area contributed by atoms with Gasteiger partial charge in [-0.3, -0.25) is 0 Å². The Balaban J connectivity index is 0. The number of hydrogen-bond acceptors (Lipinski definition) is 0. The van der Waals surface area contributed by atoms with Gasteiger partial charge < -0.3 is 0 Å². The van der Waals surface area contributed by atoms with Crippen molar-refractivity contribution >= 4 is 0 Å². The molecule has 0 aromatic rings. The summed E-state index contributed by atoms with van der Waals surface area (Å²) < 4.78 is 0. The summed E-state index contributed by atoms with van der Waals surface area (Å²) in [6.07, 6.45) is 7.26. The van der Waals surface area contributed by atoms with Gasteiger partial charge in [0, 0.05) is 0 Å². The molecule has 11 heavy (non-hydrogen) atoms. The lowest BCUT2D eigenvalue weighted by Crippen LogP contribution is -1.94. The smallest absolute Gasteiger partial charge is 0.0420 e. The van der Waals surface area contributed by atoms with Gasteiger partial charge in [0.05, 0.1) is 0 Å². The Hall–Kier alpha value is -0.260. The van der Waals surface area contributed by atoms with Gasteiger partial charge in [-0.2, -0.15) is 0 Å². The first-order chi connectivity index (χ1) is 5.26. The van der Waals surface area contributed by atoms with Crippen molar-refractivity contribution in [2.24, 2.45) is 5.92 Å². The van der Waals surface area contributed by atoms with Gasteiger partial charge in [0.2, 0.25) is 0 Å². The standard InChI is InChI=1S/C8H18.C3H6/c1-4-7-8(5-2)6-3;1-3-2/h8H,4-7H2,1-3H3;3H,1H2,2H3. The molecule has 0 aliphatic rings. The highest BCUT2D eigenvalue weighted by atomic mass is 14.0. The molecule has 0 spiro atoms. The molecule has 0 radical (unpaired) electrons. The van der Waals surface area contributed by atoms with E-state index in [1.807, 2.05) is 6.92 Å². The van der Waals surface area contributed by atoms with E-state index >= 15 is 0 Å². The molecule has 0 heteroatoms. The summed E-state index contributed by atoms with van der Waals surface area (Å²) in [5, 5.41) is 0. The van der Waals surface area contributed by atoms with Crippen molar-refractivity contribution in [2.75, 3.05) is 0 Å². The molecule has 0 unspecified atom stereocenters.